The van der Waals surface area contributed by atoms with E-state index in [0.29, 0.717) is 11.3 Å². The fourth-order valence-corrected chi connectivity index (χ4v) is 3.19. The van der Waals surface area contributed by atoms with Crippen molar-refractivity contribution in [2.75, 3.05) is 0 Å². The Kier molecular flexibility index (Phi) is 5.57. The van der Waals surface area contributed by atoms with Crippen LogP contribution in [-0.4, -0.2) is 38.7 Å². The largest absolute Gasteiger partial charge is 0.287 e. The van der Waals surface area contributed by atoms with Gasteiger partial charge >= 0.3 is 0 Å². The van der Waals surface area contributed by atoms with Crippen molar-refractivity contribution >= 4 is 23.6 Å². The molecule has 3 N–H and O–H groups in total. The van der Waals surface area contributed by atoms with Crippen LogP contribution in [-0.2, 0) is 16.1 Å². The quantitative estimate of drug-likeness (QED) is 0.431. The lowest BCUT2D eigenvalue weighted by molar-refractivity contribution is -0.139. The number of aromatic amines is 1. The molecule has 9 nitrogen and oxygen atoms in total. The summed E-state index contributed by atoms with van der Waals surface area (Å²) in [5.41, 5.74) is 7.41. The van der Waals surface area contributed by atoms with E-state index in [0.717, 1.165) is 11.1 Å². The lowest BCUT2D eigenvalue weighted by Gasteiger charge is -2.14. The molecule has 1 aliphatic heterocycles. The molecule has 4 rings (SSSR count). The van der Waals surface area contributed by atoms with Crippen molar-refractivity contribution in [1.29, 1.82) is 0 Å². The first-order valence-corrected chi connectivity index (χ1v) is 9.65. The summed E-state index contributed by atoms with van der Waals surface area (Å²) in [6.07, 6.45) is 0.477. The Bertz CT molecular complexity index is 1120. The molecule has 0 spiro atoms. The second-order valence-corrected chi connectivity index (χ2v) is 7.01. The third-order valence-electron chi connectivity index (χ3n) is 4.89. The van der Waals surface area contributed by atoms with E-state index in [1.165, 1.54) is 4.90 Å². The number of H-pyrrole nitrogens is 1. The highest BCUT2D eigenvalue weighted by atomic mass is 16.2. The maximum atomic E-state index is 12.3. The molecule has 0 radical (unpaired) electrons. The van der Waals surface area contributed by atoms with Crippen LogP contribution in [0.4, 0.5) is 0 Å². The maximum Gasteiger partial charge on any atom is 0.287 e. The summed E-state index contributed by atoms with van der Waals surface area (Å²) in [5.74, 6) is -1.42. The molecule has 1 saturated heterocycles. The Morgan fingerprint density at radius 1 is 0.903 bits per heavy atom. The van der Waals surface area contributed by atoms with E-state index < -0.39 is 11.8 Å². The third kappa shape index (κ3) is 4.50. The van der Waals surface area contributed by atoms with Crippen LogP contribution in [0, 0.1) is 0 Å². The standard InChI is InChI=1S/C22H19N5O4/c28-19-10-11-20(29)27(19)13-14-6-8-16(9-7-14)21(30)25-26-22(31)18-12-17(23-24-18)15-4-2-1-3-5-15/h1-9,12H,10-11,13H2,(H,23,24)(H,25,30)(H,26,31). The SMILES string of the molecule is O=C(NNC(=O)c1cc(-c2ccccc2)n[nH]1)c1ccc(CN2C(=O)CCC2=O)cc1. The lowest BCUT2D eigenvalue weighted by Crippen LogP contribution is -2.41. The van der Waals surface area contributed by atoms with Crippen molar-refractivity contribution in [3.05, 3.63) is 77.5 Å². The number of aromatic nitrogens is 2. The molecular formula is C22H19N5O4. The van der Waals surface area contributed by atoms with Gasteiger partial charge in [-0.1, -0.05) is 42.5 Å². The number of carbonyl (C=O) groups is 4. The zero-order valence-corrected chi connectivity index (χ0v) is 16.4. The van der Waals surface area contributed by atoms with Crippen LogP contribution in [0.3, 0.4) is 0 Å². The van der Waals surface area contributed by atoms with Gasteiger partial charge in [-0.15, -0.1) is 0 Å². The van der Waals surface area contributed by atoms with E-state index in [1.807, 2.05) is 30.3 Å². The Morgan fingerprint density at radius 2 is 1.55 bits per heavy atom. The molecule has 0 saturated carbocycles. The van der Waals surface area contributed by atoms with Gasteiger partial charge in [-0.05, 0) is 23.8 Å². The van der Waals surface area contributed by atoms with Crippen molar-refractivity contribution < 1.29 is 19.2 Å². The van der Waals surface area contributed by atoms with Gasteiger partial charge in [-0.2, -0.15) is 5.10 Å². The third-order valence-corrected chi connectivity index (χ3v) is 4.89. The molecule has 1 aliphatic rings. The van der Waals surface area contributed by atoms with Gasteiger partial charge in [0.25, 0.3) is 11.8 Å². The average Bonchev–Trinajstić information content (AvgIpc) is 3.41. The number of imide groups is 1. The number of nitrogens with one attached hydrogen (secondary N) is 3. The fraction of sp³-hybridized carbons (Fsp3) is 0.136. The summed E-state index contributed by atoms with van der Waals surface area (Å²) >= 11 is 0. The molecular weight excluding hydrogens is 398 g/mol. The molecule has 0 atom stereocenters. The van der Waals surface area contributed by atoms with E-state index in [9.17, 15) is 19.2 Å². The van der Waals surface area contributed by atoms with Gasteiger partial charge in [-0.3, -0.25) is 40.0 Å². The molecule has 9 heteroatoms. The second-order valence-electron chi connectivity index (χ2n) is 7.01. The first kappa shape index (κ1) is 20.0. The van der Waals surface area contributed by atoms with E-state index in [1.54, 1.807) is 30.3 Å². The number of benzene rings is 2. The topological polar surface area (TPSA) is 124 Å². The second kappa shape index (κ2) is 8.62. The molecule has 2 heterocycles. The molecule has 0 bridgehead atoms. The van der Waals surface area contributed by atoms with Crippen LogP contribution in [0.1, 0.15) is 39.3 Å². The van der Waals surface area contributed by atoms with Gasteiger partial charge in [0.05, 0.1) is 12.2 Å². The summed E-state index contributed by atoms with van der Waals surface area (Å²) in [5, 5.41) is 6.75. The summed E-state index contributed by atoms with van der Waals surface area (Å²) in [4.78, 5) is 49.2. The van der Waals surface area contributed by atoms with Crippen LogP contribution in [0.25, 0.3) is 11.3 Å². The highest BCUT2D eigenvalue weighted by Gasteiger charge is 2.28. The van der Waals surface area contributed by atoms with Crippen molar-refractivity contribution in [2.24, 2.45) is 0 Å². The number of carbonyl (C=O) groups excluding carboxylic acids is 4. The average molecular weight is 417 g/mol. The number of rotatable bonds is 5. The molecule has 0 aliphatic carbocycles. The molecule has 1 aromatic heterocycles. The smallest absolute Gasteiger partial charge is 0.278 e. The van der Waals surface area contributed by atoms with E-state index >= 15 is 0 Å². The summed E-state index contributed by atoms with van der Waals surface area (Å²) < 4.78 is 0. The number of hydrazine groups is 1. The zero-order chi connectivity index (χ0) is 21.8. The van der Waals surface area contributed by atoms with Crippen molar-refractivity contribution in [3.8, 4) is 11.3 Å². The van der Waals surface area contributed by atoms with Crippen LogP contribution < -0.4 is 10.9 Å². The van der Waals surface area contributed by atoms with Gasteiger partial charge in [-0.25, -0.2) is 0 Å². The Balaban J connectivity index is 1.32. The Hall–Kier alpha value is -4.27. The van der Waals surface area contributed by atoms with Gasteiger partial charge in [0, 0.05) is 24.0 Å². The molecule has 0 unspecified atom stereocenters. The van der Waals surface area contributed by atoms with Gasteiger partial charge in [0.15, 0.2) is 0 Å². The fourth-order valence-electron chi connectivity index (χ4n) is 3.19. The first-order valence-electron chi connectivity index (χ1n) is 9.65. The number of likely N-dealkylation sites (tertiary alicyclic amines) is 1. The number of hydrogen-bond donors (Lipinski definition) is 3. The lowest BCUT2D eigenvalue weighted by atomic mass is 10.1. The molecule has 2 aromatic carbocycles. The highest BCUT2D eigenvalue weighted by Crippen LogP contribution is 2.17. The van der Waals surface area contributed by atoms with Crippen LogP contribution >= 0.6 is 0 Å². The number of hydrogen-bond acceptors (Lipinski definition) is 5. The van der Waals surface area contributed by atoms with E-state index in [2.05, 4.69) is 21.0 Å². The number of nitrogens with zero attached hydrogens (tertiary/aromatic N) is 2. The predicted octanol–water partition coefficient (Wildman–Crippen LogP) is 1.80. The van der Waals surface area contributed by atoms with Crippen LogP contribution in [0.5, 0.6) is 0 Å². The minimum Gasteiger partial charge on any atom is -0.278 e. The molecule has 3 aromatic rings. The van der Waals surface area contributed by atoms with Gasteiger partial charge in [0.1, 0.15) is 5.69 Å². The van der Waals surface area contributed by atoms with Gasteiger partial charge < -0.3 is 0 Å². The summed E-state index contributed by atoms with van der Waals surface area (Å²) in [6.45, 7) is 0.180. The summed E-state index contributed by atoms with van der Waals surface area (Å²) in [6, 6.07) is 17.4. The zero-order valence-electron chi connectivity index (χ0n) is 16.4. The highest BCUT2D eigenvalue weighted by molar-refractivity contribution is 6.02. The predicted molar refractivity (Wildman–Crippen MR) is 110 cm³/mol. The molecule has 156 valence electrons. The Morgan fingerprint density at radius 3 is 2.23 bits per heavy atom. The monoisotopic (exact) mass is 417 g/mol. The van der Waals surface area contributed by atoms with E-state index in [-0.39, 0.29) is 36.9 Å². The molecule has 4 amide bonds. The van der Waals surface area contributed by atoms with Crippen LogP contribution in [0.2, 0.25) is 0 Å². The first-order chi connectivity index (χ1) is 15.0. The van der Waals surface area contributed by atoms with Crippen molar-refractivity contribution in [2.45, 2.75) is 19.4 Å². The molecule has 31 heavy (non-hydrogen) atoms. The normalized spacial score (nSPS) is 13.4. The minimum atomic E-state index is -0.536. The minimum absolute atomic E-state index is 0.180. The van der Waals surface area contributed by atoms with Gasteiger partial charge in [0.2, 0.25) is 11.8 Å². The van der Waals surface area contributed by atoms with Crippen LogP contribution in [0.15, 0.2) is 60.7 Å². The Labute approximate surface area is 177 Å². The number of amides is 4. The van der Waals surface area contributed by atoms with Crippen molar-refractivity contribution in [1.82, 2.24) is 25.9 Å². The van der Waals surface area contributed by atoms with Crippen molar-refractivity contribution in [3.63, 3.8) is 0 Å². The van der Waals surface area contributed by atoms with E-state index in [4.69, 9.17) is 0 Å². The maximum absolute atomic E-state index is 12.3. The summed E-state index contributed by atoms with van der Waals surface area (Å²) in [7, 11) is 0. The molecule has 1 fully saturated rings.